The highest BCUT2D eigenvalue weighted by molar-refractivity contribution is 5.65. The molecule has 4 rings (SSSR count). The summed E-state index contributed by atoms with van der Waals surface area (Å²) < 4.78 is 27.4. The number of hydrogen-bond acceptors (Lipinski definition) is 3. The molecule has 1 saturated carbocycles. The molecule has 25 heavy (non-hydrogen) atoms. The van der Waals surface area contributed by atoms with Gasteiger partial charge in [0, 0.05) is 19.1 Å². The third-order valence-electron chi connectivity index (χ3n) is 7.43. The average Bonchev–Trinajstić information content (AvgIpc) is 3.22. The number of hydrogen-bond donors (Lipinski definition) is 2. The van der Waals surface area contributed by atoms with Crippen LogP contribution in [0.2, 0.25) is 0 Å². The van der Waals surface area contributed by atoms with Crippen LogP contribution in [0.25, 0.3) is 0 Å². The first-order chi connectivity index (χ1) is 11.9. The largest absolute Gasteiger partial charge is 0.465 e. The Morgan fingerprint density at radius 3 is 2.40 bits per heavy atom. The molecule has 0 bridgehead atoms. The monoisotopic (exact) mass is 357 g/mol. The van der Waals surface area contributed by atoms with Crippen molar-refractivity contribution in [1.29, 1.82) is 0 Å². The van der Waals surface area contributed by atoms with Crippen LogP contribution in [-0.4, -0.2) is 71.7 Å². The first-order valence-corrected chi connectivity index (χ1v) is 9.69. The van der Waals surface area contributed by atoms with E-state index in [-0.39, 0.29) is 11.3 Å². The molecule has 0 unspecified atom stereocenters. The molecule has 4 fully saturated rings. The zero-order valence-corrected chi connectivity index (χ0v) is 14.7. The van der Waals surface area contributed by atoms with E-state index in [4.69, 9.17) is 5.11 Å². The highest BCUT2D eigenvalue weighted by Crippen LogP contribution is 2.51. The summed E-state index contributed by atoms with van der Waals surface area (Å²) in [4.78, 5) is 15.1. The zero-order chi connectivity index (χ0) is 17.7. The maximum Gasteiger partial charge on any atom is 0.407 e. The number of carboxylic acid groups (broad SMARTS) is 1. The molecule has 142 valence electrons. The van der Waals surface area contributed by atoms with Crippen molar-refractivity contribution in [3.8, 4) is 0 Å². The number of piperidine rings is 1. The molecule has 0 aromatic rings. The van der Waals surface area contributed by atoms with Crippen molar-refractivity contribution >= 4 is 6.09 Å². The molecule has 7 heteroatoms. The van der Waals surface area contributed by atoms with Gasteiger partial charge < -0.3 is 20.2 Å². The second kappa shape index (κ2) is 6.34. The topological polar surface area (TPSA) is 55.8 Å². The van der Waals surface area contributed by atoms with Crippen LogP contribution >= 0.6 is 0 Å². The third-order valence-corrected chi connectivity index (χ3v) is 7.43. The molecule has 0 aromatic heterocycles. The summed E-state index contributed by atoms with van der Waals surface area (Å²) >= 11 is 0. The van der Waals surface area contributed by atoms with E-state index in [9.17, 15) is 13.6 Å². The van der Waals surface area contributed by atoms with E-state index in [1.807, 2.05) is 0 Å². The van der Waals surface area contributed by atoms with Gasteiger partial charge in [-0.15, -0.1) is 0 Å². The molecule has 4 aliphatic rings. The number of carbonyl (C=O) groups is 1. The molecule has 3 heterocycles. The number of nitrogens with zero attached hydrogens (tertiary/aromatic N) is 2. The lowest BCUT2D eigenvalue weighted by molar-refractivity contribution is -0.0449. The van der Waals surface area contributed by atoms with Crippen LogP contribution in [-0.2, 0) is 0 Å². The van der Waals surface area contributed by atoms with Crippen molar-refractivity contribution < 1.29 is 18.7 Å². The number of rotatable bonds is 3. The van der Waals surface area contributed by atoms with Crippen LogP contribution in [0.1, 0.15) is 44.9 Å². The Kier molecular flexibility index (Phi) is 4.43. The lowest BCUT2D eigenvalue weighted by Gasteiger charge is -2.52. The first-order valence-electron chi connectivity index (χ1n) is 9.69. The highest BCUT2D eigenvalue weighted by Gasteiger charge is 2.53. The Bertz CT molecular complexity index is 510. The summed E-state index contributed by atoms with van der Waals surface area (Å²) in [7, 11) is 0. The smallest absolute Gasteiger partial charge is 0.407 e. The Morgan fingerprint density at radius 2 is 1.88 bits per heavy atom. The van der Waals surface area contributed by atoms with Gasteiger partial charge >= 0.3 is 6.09 Å². The van der Waals surface area contributed by atoms with Crippen LogP contribution in [0.3, 0.4) is 0 Å². The van der Waals surface area contributed by atoms with Gasteiger partial charge in [0.25, 0.3) is 6.43 Å². The van der Waals surface area contributed by atoms with E-state index >= 15 is 0 Å². The maximum atomic E-state index is 13.7. The van der Waals surface area contributed by atoms with Crippen LogP contribution in [0.5, 0.6) is 0 Å². The minimum absolute atomic E-state index is 0.0780. The molecule has 0 aromatic carbocycles. The van der Waals surface area contributed by atoms with Crippen LogP contribution in [0, 0.1) is 11.3 Å². The molecule has 1 aliphatic carbocycles. The predicted molar refractivity (Wildman–Crippen MR) is 89.9 cm³/mol. The maximum absolute atomic E-state index is 13.7. The molecule has 3 saturated heterocycles. The summed E-state index contributed by atoms with van der Waals surface area (Å²) in [5.74, 6) is 0.0780. The summed E-state index contributed by atoms with van der Waals surface area (Å²) in [5, 5.41) is 12.3. The Hall–Kier alpha value is -0.950. The van der Waals surface area contributed by atoms with Crippen molar-refractivity contribution in [2.75, 3.05) is 32.7 Å². The van der Waals surface area contributed by atoms with Crippen molar-refractivity contribution in [2.45, 2.75) is 63.0 Å². The number of nitrogens with one attached hydrogen (secondary N) is 1. The quantitative estimate of drug-likeness (QED) is 0.815. The van der Waals surface area contributed by atoms with E-state index in [2.05, 4.69) is 10.2 Å². The van der Waals surface area contributed by atoms with Gasteiger partial charge in [-0.3, -0.25) is 0 Å². The van der Waals surface area contributed by atoms with Crippen molar-refractivity contribution in [3.63, 3.8) is 0 Å². The summed E-state index contributed by atoms with van der Waals surface area (Å²) in [5.41, 5.74) is -0.753. The molecule has 1 amide bonds. The summed E-state index contributed by atoms with van der Waals surface area (Å²) in [6, 6.07) is 0.522. The van der Waals surface area contributed by atoms with Crippen molar-refractivity contribution in [3.05, 3.63) is 0 Å². The minimum atomic E-state index is -2.28. The molecule has 0 radical (unpaired) electrons. The zero-order valence-electron chi connectivity index (χ0n) is 14.7. The Labute approximate surface area is 147 Å². The molecule has 2 N–H and O–H groups in total. The number of amides is 1. The van der Waals surface area contributed by atoms with E-state index in [0.29, 0.717) is 25.6 Å². The lowest BCUT2D eigenvalue weighted by atomic mass is 9.64. The van der Waals surface area contributed by atoms with Gasteiger partial charge in [-0.25, -0.2) is 13.6 Å². The average molecular weight is 357 g/mol. The third kappa shape index (κ3) is 2.93. The number of halogens is 2. The van der Waals surface area contributed by atoms with Gasteiger partial charge in [0.05, 0.1) is 5.54 Å². The van der Waals surface area contributed by atoms with Gasteiger partial charge in [0.2, 0.25) is 0 Å². The second-order valence-electron chi connectivity index (χ2n) is 8.70. The molecular weight excluding hydrogens is 328 g/mol. The summed E-state index contributed by atoms with van der Waals surface area (Å²) in [6.07, 6.45) is 3.19. The first kappa shape index (κ1) is 17.5. The molecule has 5 nitrogen and oxygen atoms in total. The van der Waals surface area contributed by atoms with Crippen molar-refractivity contribution in [2.24, 2.45) is 11.3 Å². The lowest BCUT2D eigenvalue weighted by Crippen LogP contribution is -2.59. The van der Waals surface area contributed by atoms with Crippen LogP contribution in [0.4, 0.5) is 13.6 Å². The van der Waals surface area contributed by atoms with E-state index in [0.717, 1.165) is 58.2 Å². The fourth-order valence-electron chi connectivity index (χ4n) is 5.91. The fraction of sp³-hybridized carbons (Fsp3) is 0.944. The standard InChI is InChI=1S/C18H29F2N3O2/c19-15(20)18(4-1-6-21-18)13-2-7-22(8-3-13)14-10-17(11-14)5-9-23(12-17)16(24)25/h13-15,21H,1-12H2,(H,24,25)/t14?,17?,18-/m1/s1. The van der Waals surface area contributed by atoms with Crippen LogP contribution in [0.15, 0.2) is 0 Å². The van der Waals surface area contributed by atoms with E-state index < -0.39 is 18.1 Å². The van der Waals surface area contributed by atoms with Gasteiger partial charge in [-0.1, -0.05) is 0 Å². The minimum Gasteiger partial charge on any atom is -0.465 e. The molecule has 3 aliphatic heterocycles. The van der Waals surface area contributed by atoms with Crippen molar-refractivity contribution in [1.82, 2.24) is 15.1 Å². The van der Waals surface area contributed by atoms with Gasteiger partial charge in [0.1, 0.15) is 0 Å². The molecule has 1 spiro atoms. The SMILES string of the molecule is O=C(O)N1CCC2(CC(N3CCC([C@@]4(C(F)F)CCCN4)CC3)C2)C1. The predicted octanol–water partition coefficient (Wildman–Crippen LogP) is 2.62. The number of likely N-dealkylation sites (tertiary alicyclic amines) is 2. The molecule has 1 atom stereocenters. The Balaban J connectivity index is 1.29. The van der Waals surface area contributed by atoms with Gasteiger partial charge in [-0.05, 0) is 75.9 Å². The fourth-order valence-corrected chi connectivity index (χ4v) is 5.91. The normalized spacial score (nSPS) is 40.1. The van der Waals surface area contributed by atoms with E-state index in [1.165, 1.54) is 0 Å². The Morgan fingerprint density at radius 1 is 1.16 bits per heavy atom. The van der Waals surface area contributed by atoms with Gasteiger partial charge in [0.15, 0.2) is 0 Å². The highest BCUT2D eigenvalue weighted by atomic mass is 19.3. The van der Waals surface area contributed by atoms with Gasteiger partial charge in [-0.2, -0.15) is 0 Å². The number of alkyl halides is 2. The summed E-state index contributed by atoms with van der Waals surface area (Å²) in [6.45, 7) is 3.87. The molecular formula is C18H29F2N3O2. The van der Waals surface area contributed by atoms with E-state index in [1.54, 1.807) is 4.90 Å². The van der Waals surface area contributed by atoms with Crippen LogP contribution < -0.4 is 5.32 Å². The second-order valence-corrected chi connectivity index (χ2v) is 8.70.